The van der Waals surface area contributed by atoms with Crippen LogP contribution in [0.15, 0.2) is 12.7 Å². The third-order valence-electron chi connectivity index (χ3n) is 3.92. The molecule has 16 heavy (non-hydrogen) atoms. The maximum Gasteiger partial charge on any atom is 0.325 e. The van der Waals surface area contributed by atoms with Crippen molar-refractivity contribution in [1.29, 1.82) is 0 Å². The molecule has 2 atom stereocenters. The SMILES string of the molecule is C=CCNC1(C(=O)O)CCN2CCCCC21. The minimum absolute atomic E-state index is 0.165. The van der Waals surface area contributed by atoms with Crippen molar-refractivity contribution in [3.63, 3.8) is 0 Å². The summed E-state index contributed by atoms with van der Waals surface area (Å²) in [6.45, 7) is 6.17. The summed E-state index contributed by atoms with van der Waals surface area (Å²) in [5.74, 6) is -0.705. The van der Waals surface area contributed by atoms with Gasteiger partial charge in [-0.2, -0.15) is 0 Å². The van der Waals surface area contributed by atoms with E-state index in [1.165, 1.54) is 6.42 Å². The van der Waals surface area contributed by atoms with E-state index in [-0.39, 0.29) is 6.04 Å². The van der Waals surface area contributed by atoms with Crippen molar-refractivity contribution in [1.82, 2.24) is 10.2 Å². The molecule has 2 aliphatic rings. The third-order valence-corrected chi connectivity index (χ3v) is 3.92. The molecule has 0 radical (unpaired) electrons. The molecule has 90 valence electrons. The van der Waals surface area contributed by atoms with Crippen molar-refractivity contribution in [3.8, 4) is 0 Å². The topological polar surface area (TPSA) is 52.6 Å². The molecule has 0 aliphatic carbocycles. The lowest BCUT2D eigenvalue weighted by molar-refractivity contribution is -0.146. The van der Waals surface area contributed by atoms with Crippen molar-refractivity contribution in [2.75, 3.05) is 19.6 Å². The predicted molar refractivity (Wildman–Crippen MR) is 62.4 cm³/mol. The summed E-state index contributed by atoms with van der Waals surface area (Å²) >= 11 is 0. The highest BCUT2D eigenvalue weighted by atomic mass is 16.4. The number of fused-ring (bicyclic) bond motifs is 1. The molecule has 4 heteroatoms. The number of piperidine rings is 1. The highest BCUT2D eigenvalue weighted by Gasteiger charge is 2.52. The first-order chi connectivity index (χ1) is 7.70. The average Bonchev–Trinajstić information content (AvgIpc) is 2.67. The normalized spacial score (nSPS) is 34.6. The molecular weight excluding hydrogens is 204 g/mol. The maximum atomic E-state index is 11.6. The second-order valence-corrected chi connectivity index (χ2v) is 4.74. The second kappa shape index (κ2) is 4.55. The number of hydrogen-bond donors (Lipinski definition) is 2. The Labute approximate surface area is 96.3 Å². The van der Waals surface area contributed by atoms with Crippen LogP contribution in [0.25, 0.3) is 0 Å². The van der Waals surface area contributed by atoms with Gasteiger partial charge < -0.3 is 5.11 Å². The van der Waals surface area contributed by atoms with Crippen LogP contribution in [0.2, 0.25) is 0 Å². The van der Waals surface area contributed by atoms with Gasteiger partial charge in [0, 0.05) is 19.1 Å². The van der Waals surface area contributed by atoms with E-state index in [2.05, 4.69) is 16.8 Å². The molecule has 2 unspecified atom stereocenters. The molecule has 2 aliphatic heterocycles. The van der Waals surface area contributed by atoms with Gasteiger partial charge in [0.2, 0.25) is 0 Å². The zero-order valence-electron chi connectivity index (χ0n) is 9.61. The van der Waals surface area contributed by atoms with E-state index in [0.29, 0.717) is 13.0 Å². The minimum Gasteiger partial charge on any atom is -0.480 e. The number of rotatable bonds is 4. The summed E-state index contributed by atoms with van der Waals surface area (Å²) < 4.78 is 0. The minimum atomic E-state index is -0.741. The van der Waals surface area contributed by atoms with Gasteiger partial charge in [-0.1, -0.05) is 12.5 Å². The van der Waals surface area contributed by atoms with Crippen LogP contribution in [-0.4, -0.2) is 47.2 Å². The monoisotopic (exact) mass is 224 g/mol. The Kier molecular flexibility index (Phi) is 3.30. The molecule has 0 amide bonds. The van der Waals surface area contributed by atoms with E-state index in [1.54, 1.807) is 6.08 Å². The number of nitrogens with one attached hydrogen (secondary N) is 1. The third kappa shape index (κ3) is 1.76. The highest BCUT2D eigenvalue weighted by molar-refractivity contribution is 5.80. The quantitative estimate of drug-likeness (QED) is 0.695. The Morgan fingerprint density at radius 2 is 2.38 bits per heavy atom. The van der Waals surface area contributed by atoms with Gasteiger partial charge in [-0.05, 0) is 25.8 Å². The van der Waals surface area contributed by atoms with Gasteiger partial charge in [0.1, 0.15) is 5.54 Å². The zero-order valence-corrected chi connectivity index (χ0v) is 9.61. The number of hydrogen-bond acceptors (Lipinski definition) is 3. The molecule has 0 bridgehead atoms. The Balaban J connectivity index is 2.18. The molecule has 0 aromatic heterocycles. The summed E-state index contributed by atoms with van der Waals surface area (Å²) in [6.07, 6.45) is 5.78. The first kappa shape index (κ1) is 11.6. The maximum absolute atomic E-state index is 11.6. The van der Waals surface area contributed by atoms with E-state index in [9.17, 15) is 9.90 Å². The van der Waals surface area contributed by atoms with Crippen LogP contribution in [0, 0.1) is 0 Å². The summed E-state index contributed by atoms with van der Waals surface area (Å²) in [7, 11) is 0. The Bertz CT molecular complexity index is 293. The Morgan fingerprint density at radius 3 is 3.06 bits per heavy atom. The molecule has 2 fully saturated rings. The van der Waals surface area contributed by atoms with E-state index < -0.39 is 11.5 Å². The number of carboxylic acids is 1. The summed E-state index contributed by atoms with van der Waals surface area (Å²) in [4.78, 5) is 13.9. The average molecular weight is 224 g/mol. The van der Waals surface area contributed by atoms with Gasteiger partial charge in [-0.3, -0.25) is 15.0 Å². The molecule has 0 saturated carbocycles. The molecule has 2 heterocycles. The lowest BCUT2D eigenvalue weighted by atomic mass is 9.85. The molecule has 0 aromatic carbocycles. The molecule has 2 rings (SSSR count). The summed E-state index contributed by atoms with van der Waals surface area (Å²) in [6, 6.07) is 0.165. The summed E-state index contributed by atoms with van der Waals surface area (Å²) in [5, 5.41) is 12.7. The van der Waals surface area contributed by atoms with Crippen LogP contribution in [0.5, 0.6) is 0 Å². The number of carbonyl (C=O) groups is 1. The highest BCUT2D eigenvalue weighted by Crippen LogP contribution is 2.35. The fourth-order valence-electron chi connectivity index (χ4n) is 3.09. The lowest BCUT2D eigenvalue weighted by Gasteiger charge is -2.38. The van der Waals surface area contributed by atoms with Crippen molar-refractivity contribution in [3.05, 3.63) is 12.7 Å². The van der Waals surface area contributed by atoms with Crippen molar-refractivity contribution < 1.29 is 9.90 Å². The number of carboxylic acid groups (broad SMARTS) is 1. The van der Waals surface area contributed by atoms with Gasteiger partial charge in [-0.15, -0.1) is 6.58 Å². The number of aliphatic carboxylic acids is 1. The largest absolute Gasteiger partial charge is 0.480 e. The van der Waals surface area contributed by atoms with Crippen LogP contribution >= 0.6 is 0 Å². The molecule has 0 spiro atoms. The first-order valence-electron chi connectivity index (χ1n) is 6.04. The van der Waals surface area contributed by atoms with E-state index in [4.69, 9.17) is 0 Å². The van der Waals surface area contributed by atoms with Crippen LogP contribution < -0.4 is 5.32 Å². The Hall–Kier alpha value is -0.870. The van der Waals surface area contributed by atoms with E-state index in [0.717, 1.165) is 25.9 Å². The molecule has 2 N–H and O–H groups in total. The zero-order chi connectivity index (χ0) is 11.6. The molecule has 4 nitrogen and oxygen atoms in total. The molecule has 2 saturated heterocycles. The van der Waals surface area contributed by atoms with Crippen molar-refractivity contribution in [2.24, 2.45) is 0 Å². The standard InChI is InChI=1S/C12H20N2O2/c1-2-7-13-12(11(15)16)6-9-14-8-4-3-5-10(12)14/h2,10,13H,1,3-9H2,(H,15,16). The smallest absolute Gasteiger partial charge is 0.325 e. The Morgan fingerprint density at radius 1 is 1.56 bits per heavy atom. The van der Waals surface area contributed by atoms with Crippen LogP contribution in [0.1, 0.15) is 25.7 Å². The first-order valence-corrected chi connectivity index (χ1v) is 6.04. The summed E-state index contributed by atoms with van der Waals surface area (Å²) in [5.41, 5.74) is -0.741. The number of nitrogens with zero attached hydrogens (tertiary/aromatic N) is 1. The van der Waals surface area contributed by atoms with E-state index in [1.807, 2.05) is 0 Å². The molecular formula is C12H20N2O2. The van der Waals surface area contributed by atoms with Gasteiger partial charge in [0.25, 0.3) is 0 Å². The van der Waals surface area contributed by atoms with Gasteiger partial charge in [0.15, 0.2) is 0 Å². The van der Waals surface area contributed by atoms with E-state index >= 15 is 0 Å². The van der Waals surface area contributed by atoms with Crippen LogP contribution in [0.4, 0.5) is 0 Å². The van der Waals surface area contributed by atoms with Crippen LogP contribution in [-0.2, 0) is 4.79 Å². The molecule has 0 aromatic rings. The lowest BCUT2D eigenvalue weighted by Crippen LogP contribution is -2.60. The van der Waals surface area contributed by atoms with Crippen LogP contribution in [0.3, 0.4) is 0 Å². The van der Waals surface area contributed by atoms with Crippen molar-refractivity contribution in [2.45, 2.75) is 37.3 Å². The fraction of sp³-hybridized carbons (Fsp3) is 0.750. The van der Waals surface area contributed by atoms with Crippen molar-refractivity contribution >= 4 is 5.97 Å². The second-order valence-electron chi connectivity index (χ2n) is 4.74. The fourth-order valence-corrected chi connectivity index (χ4v) is 3.09. The van der Waals surface area contributed by atoms with Gasteiger partial charge in [-0.25, -0.2) is 0 Å². The van der Waals surface area contributed by atoms with Gasteiger partial charge in [0.05, 0.1) is 0 Å². The predicted octanol–water partition coefficient (Wildman–Crippen LogP) is 0.844. The van der Waals surface area contributed by atoms with Gasteiger partial charge >= 0.3 is 5.97 Å².